The first-order valence-electron chi connectivity index (χ1n) is 5.77. The van der Waals surface area contributed by atoms with Crippen LogP contribution in [0.4, 0.5) is 5.69 Å². The van der Waals surface area contributed by atoms with Gasteiger partial charge in [0, 0.05) is 12.6 Å². The Labute approximate surface area is 108 Å². The fourth-order valence-electron chi connectivity index (χ4n) is 1.94. The smallest absolute Gasteiger partial charge is 0.110 e. The van der Waals surface area contributed by atoms with Crippen LogP contribution in [0.1, 0.15) is 11.3 Å². The number of rotatable bonds is 2. The third-order valence-corrected chi connectivity index (χ3v) is 4.17. The molecule has 0 aliphatic carbocycles. The molecule has 2 heterocycles. The number of hydrogen-bond acceptors (Lipinski definition) is 3. The second-order valence-corrected chi connectivity index (χ2v) is 5.57. The summed E-state index contributed by atoms with van der Waals surface area (Å²) in [4.78, 5) is 8.63. The molecule has 1 aliphatic heterocycles. The molecule has 1 aromatic carbocycles. The van der Waals surface area contributed by atoms with Gasteiger partial charge in [0.15, 0.2) is 0 Å². The summed E-state index contributed by atoms with van der Waals surface area (Å²) >= 11 is 0. The molecule has 0 radical (unpaired) electrons. The van der Waals surface area contributed by atoms with Gasteiger partial charge < -0.3 is 0 Å². The predicted octanol–water partition coefficient (Wildman–Crippen LogP) is 2.62. The van der Waals surface area contributed by atoms with Crippen molar-refractivity contribution in [1.29, 1.82) is 0 Å². The average molecular weight is 256 g/mol. The van der Waals surface area contributed by atoms with E-state index in [2.05, 4.69) is 9.98 Å². The second kappa shape index (κ2) is 4.82. The molecule has 1 unspecified atom stereocenters. The summed E-state index contributed by atoms with van der Waals surface area (Å²) in [6.45, 7) is 0. The Morgan fingerprint density at radius 1 is 1.11 bits per heavy atom. The van der Waals surface area contributed by atoms with E-state index in [1.165, 1.54) is 0 Å². The van der Waals surface area contributed by atoms with Crippen molar-refractivity contribution in [3.63, 3.8) is 0 Å². The molecule has 0 bridgehead atoms. The molecular formula is C14H12N2OS. The number of hydrogen-bond donors (Lipinski definition) is 0. The molecule has 4 heteroatoms. The van der Waals surface area contributed by atoms with E-state index in [4.69, 9.17) is 0 Å². The van der Waals surface area contributed by atoms with Gasteiger partial charge >= 0.3 is 0 Å². The summed E-state index contributed by atoms with van der Waals surface area (Å²) < 4.78 is 12.2. The van der Waals surface area contributed by atoms with E-state index in [0.29, 0.717) is 12.2 Å². The summed E-state index contributed by atoms with van der Waals surface area (Å²) in [5.41, 5.74) is 2.94. The molecule has 3 rings (SSSR count). The van der Waals surface area contributed by atoms with Crippen molar-refractivity contribution in [2.24, 2.45) is 4.99 Å². The maximum atomic E-state index is 12.2. The standard InChI is InChI=1S/C14H12N2OS/c17-18(10-12-6-3-4-8-15-12)14-9-11-5-1-2-7-13(11)16-14/h1-8H,9-10H2. The maximum absolute atomic E-state index is 12.2. The van der Waals surface area contributed by atoms with Crippen LogP contribution < -0.4 is 0 Å². The van der Waals surface area contributed by atoms with Crippen molar-refractivity contribution in [3.05, 3.63) is 59.9 Å². The predicted molar refractivity (Wildman–Crippen MR) is 73.3 cm³/mol. The van der Waals surface area contributed by atoms with Gasteiger partial charge in [0.1, 0.15) is 5.04 Å². The summed E-state index contributed by atoms with van der Waals surface area (Å²) in [6, 6.07) is 13.6. The van der Waals surface area contributed by atoms with Crippen molar-refractivity contribution in [2.75, 3.05) is 0 Å². The van der Waals surface area contributed by atoms with Crippen molar-refractivity contribution < 1.29 is 4.21 Å². The van der Waals surface area contributed by atoms with Crippen molar-refractivity contribution in [2.45, 2.75) is 12.2 Å². The van der Waals surface area contributed by atoms with Gasteiger partial charge in [-0.1, -0.05) is 24.3 Å². The highest BCUT2D eigenvalue weighted by Gasteiger charge is 2.19. The van der Waals surface area contributed by atoms with Gasteiger partial charge in [0.25, 0.3) is 0 Å². The minimum Gasteiger partial charge on any atom is -0.260 e. The highest BCUT2D eigenvalue weighted by Crippen LogP contribution is 2.27. The van der Waals surface area contributed by atoms with Crippen molar-refractivity contribution >= 4 is 21.5 Å². The van der Waals surface area contributed by atoms with Crippen LogP contribution >= 0.6 is 0 Å². The molecule has 1 aliphatic rings. The van der Waals surface area contributed by atoms with Gasteiger partial charge in [-0.25, -0.2) is 4.99 Å². The Hall–Kier alpha value is -1.81. The molecular weight excluding hydrogens is 244 g/mol. The van der Waals surface area contributed by atoms with E-state index in [-0.39, 0.29) is 0 Å². The van der Waals surface area contributed by atoms with Gasteiger partial charge in [-0.3, -0.25) is 9.19 Å². The highest BCUT2D eigenvalue weighted by molar-refractivity contribution is 8.00. The number of pyridine rings is 1. The molecule has 0 saturated heterocycles. The Kier molecular flexibility index (Phi) is 3.02. The number of aromatic nitrogens is 1. The maximum Gasteiger partial charge on any atom is 0.110 e. The lowest BCUT2D eigenvalue weighted by Crippen LogP contribution is -2.10. The number of aliphatic imine (C=N–C) groups is 1. The highest BCUT2D eigenvalue weighted by atomic mass is 32.2. The average Bonchev–Trinajstić information content (AvgIpc) is 2.84. The van der Waals surface area contributed by atoms with Gasteiger partial charge in [-0.05, 0) is 23.8 Å². The van der Waals surface area contributed by atoms with E-state index in [0.717, 1.165) is 22.0 Å². The molecule has 0 fully saturated rings. The van der Waals surface area contributed by atoms with Gasteiger partial charge in [0.2, 0.25) is 0 Å². The fraction of sp³-hybridized carbons (Fsp3) is 0.143. The van der Waals surface area contributed by atoms with E-state index < -0.39 is 10.8 Å². The van der Waals surface area contributed by atoms with Crippen LogP contribution in [0, 0.1) is 0 Å². The number of benzene rings is 1. The normalized spacial score (nSPS) is 15.0. The third-order valence-electron chi connectivity index (χ3n) is 2.85. The molecule has 2 aromatic rings. The zero-order valence-corrected chi connectivity index (χ0v) is 10.6. The quantitative estimate of drug-likeness (QED) is 0.829. The topological polar surface area (TPSA) is 42.3 Å². The van der Waals surface area contributed by atoms with E-state index >= 15 is 0 Å². The van der Waals surface area contributed by atoms with E-state index in [1.807, 2.05) is 42.5 Å². The molecule has 0 amide bonds. The van der Waals surface area contributed by atoms with Crippen LogP contribution in [0.2, 0.25) is 0 Å². The van der Waals surface area contributed by atoms with Crippen LogP contribution in [-0.4, -0.2) is 14.2 Å². The van der Waals surface area contributed by atoms with Gasteiger partial charge in [-0.2, -0.15) is 0 Å². The molecule has 18 heavy (non-hydrogen) atoms. The summed E-state index contributed by atoms with van der Waals surface area (Å²) in [6.07, 6.45) is 2.41. The Morgan fingerprint density at radius 2 is 1.94 bits per heavy atom. The Balaban J connectivity index is 1.77. The minimum absolute atomic E-state index is 0.438. The Morgan fingerprint density at radius 3 is 2.72 bits per heavy atom. The largest absolute Gasteiger partial charge is 0.260 e. The first-order valence-corrected chi connectivity index (χ1v) is 7.08. The first kappa shape index (κ1) is 11.3. The number of fused-ring (bicyclic) bond motifs is 1. The van der Waals surface area contributed by atoms with E-state index in [9.17, 15) is 4.21 Å². The zero-order chi connectivity index (χ0) is 12.4. The van der Waals surface area contributed by atoms with Gasteiger partial charge in [-0.15, -0.1) is 0 Å². The number of para-hydroxylation sites is 1. The van der Waals surface area contributed by atoms with Crippen LogP contribution in [0.15, 0.2) is 53.7 Å². The molecule has 0 saturated carbocycles. The van der Waals surface area contributed by atoms with Crippen LogP contribution in [0.3, 0.4) is 0 Å². The van der Waals surface area contributed by atoms with Crippen LogP contribution in [-0.2, 0) is 23.0 Å². The third kappa shape index (κ3) is 2.24. The van der Waals surface area contributed by atoms with Crippen LogP contribution in [0.25, 0.3) is 0 Å². The lowest BCUT2D eigenvalue weighted by molar-refractivity contribution is 0.688. The van der Waals surface area contributed by atoms with Gasteiger partial charge in [0.05, 0.1) is 27.9 Å². The van der Waals surface area contributed by atoms with E-state index in [1.54, 1.807) is 6.20 Å². The second-order valence-electron chi connectivity index (χ2n) is 4.12. The summed E-state index contributed by atoms with van der Waals surface area (Å²) in [5, 5.41) is 0.752. The first-order chi connectivity index (χ1) is 8.83. The molecule has 0 spiro atoms. The van der Waals surface area contributed by atoms with Crippen LogP contribution in [0.5, 0.6) is 0 Å². The number of nitrogens with zero attached hydrogens (tertiary/aromatic N) is 2. The zero-order valence-electron chi connectivity index (χ0n) is 9.74. The molecule has 3 nitrogen and oxygen atoms in total. The monoisotopic (exact) mass is 256 g/mol. The molecule has 1 atom stereocenters. The fourth-order valence-corrected chi connectivity index (χ4v) is 3.06. The summed E-state index contributed by atoms with van der Waals surface area (Å²) in [5.74, 6) is 0.438. The molecule has 90 valence electrons. The lowest BCUT2D eigenvalue weighted by atomic mass is 10.2. The van der Waals surface area contributed by atoms with Crippen molar-refractivity contribution in [1.82, 2.24) is 4.98 Å². The van der Waals surface area contributed by atoms with Crippen molar-refractivity contribution in [3.8, 4) is 0 Å². The Bertz CT molecular complexity index is 623. The summed E-state index contributed by atoms with van der Waals surface area (Å²) in [7, 11) is -1.09. The SMILES string of the molecule is O=S(Cc1ccccn1)C1=Nc2ccccc2C1. The minimum atomic E-state index is -1.09. The lowest BCUT2D eigenvalue weighted by Gasteiger charge is -2.00. The molecule has 0 N–H and O–H groups in total. The molecule has 1 aromatic heterocycles.